The van der Waals surface area contributed by atoms with Gasteiger partial charge in [0.1, 0.15) is 0 Å². The topological polar surface area (TPSA) is 68.5 Å². The van der Waals surface area contributed by atoms with Crippen LogP contribution in [0.25, 0.3) is 5.65 Å². The van der Waals surface area contributed by atoms with Gasteiger partial charge in [-0.05, 0) is 51.2 Å². The molecule has 3 aromatic rings. The highest BCUT2D eigenvalue weighted by molar-refractivity contribution is 5.76. The van der Waals surface area contributed by atoms with E-state index >= 15 is 0 Å². The van der Waals surface area contributed by atoms with Crippen LogP contribution in [0.3, 0.4) is 0 Å². The maximum Gasteiger partial charge on any atom is 0.220 e. The molecule has 154 valence electrons. The van der Waals surface area contributed by atoms with Gasteiger partial charge in [0.15, 0.2) is 5.65 Å². The van der Waals surface area contributed by atoms with Crippen molar-refractivity contribution in [1.82, 2.24) is 19.9 Å². The Labute approximate surface area is 172 Å². The second-order valence-corrected chi connectivity index (χ2v) is 7.37. The van der Waals surface area contributed by atoms with Gasteiger partial charge in [0, 0.05) is 37.0 Å². The summed E-state index contributed by atoms with van der Waals surface area (Å²) < 4.78 is 7.52. The summed E-state index contributed by atoms with van der Waals surface area (Å²) in [4.78, 5) is 16.8. The summed E-state index contributed by atoms with van der Waals surface area (Å²) >= 11 is 0. The van der Waals surface area contributed by atoms with Crippen molar-refractivity contribution in [3.63, 3.8) is 0 Å². The minimum absolute atomic E-state index is 0.0600. The van der Waals surface area contributed by atoms with Crippen LogP contribution in [0.15, 0.2) is 36.4 Å². The molecule has 0 bridgehead atoms. The molecule has 0 aliphatic rings. The fourth-order valence-corrected chi connectivity index (χ4v) is 3.47. The molecular weight excluding hydrogens is 364 g/mol. The molecule has 0 fully saturated rings. The molecule has 6 heteroatoms. The molecule has 0 saturated heterocycles. The molecule has 2 heterocycles. The number of hydrogen-bond acceptors (Lipinski definition) is 4. The van der Waals surface area contributed by atoms with Gasteiger partial charge in [0.05, 0.1) is 12.3 Å². The Kier molecular flexibility index (Phi) is 7.36. The molecule has 0 radical (unpaired) electrons. The van der Waals surface area contributed by atoms with Crippen molar-refractivity contribution >= 4 is 11.6 Å². The fraction of sp³-hybridized carbons (Fsp3) is 0.435. The van der Waals surface area contributed by atoms with Crippen LogP contribution in [-0.4, -0.2) is 40.3 Å². The number of nitrogens with zero attached hydrogens (tertiary/aromatic N) is 3. The number of carbonyl (C=O) groups excluding carboxylic acids is 1. The van der Waals surface area contributed by atoms with E-state index in [0.717, 1.165) is 41.1 Å². The maximum atomic E-state index is 12.2. The van der Waals surface area contributed by atoms with Crippen LogP contribution in [0, 0.1) is 20.8 Å². The largest absolute Gasteiger partial charge is 0.381 e. The van der Waals surface area contributed by atoms with Crippen LogP contribution in [0.5, 0.6) is 0 Å². The molecule has 1 amide bonds. The lowest BCUT2D eigenvalue weighted by atomic mass is 10.1. The number of rotatable bonds is 10. The quantitative estimate of drug-likeness (QED) is 0.536. The Balaban J connectivity index is 1.34. The fourth-order valence-electron chi connectivity index (χ4n) is 3.47. The molecule has 0 saturated carbocycles. The summed E-state index contributed by atoms with van der Waals surface area (Å²) in [6.45, 7) is 7.99. The van der Waals surface area contributed by atoms with Crippen LogP contribution < -0.4 is 5.32 Å². The summed E-state index contributed by atoms with van der Waals surface area (Å²) in [7, 11) is 0. The highest BCUT2D eigenvalue weighted by Crippen LogP contribution is 2.17. The molecule has 1 aromatic carbocycles. The number of ether oxygens (including phenoxy) is 1. The molecule has 1 N–H and O–H groups in total. The summed E-state index contributed by atoms with van der Waals surface area (Å²) in [5.41, 5.74) is 6.21. The third-order valence-corrected chi connectivity index (χ3v) is 5.05. The summed E-state index contributed by atoms with van der Waals surface area (Å²) in [5, 5.41) is 7.47. The van der Waals surface area contributed by atoms with Crippen molar-refractivity contribution in [3.05, 3.63) is 64.6 Å². The van der Waals surface area contributed by atoms with Gasteiger partial charge in [0.2, 0.25) is 5.91 Å². The van der Waals surface area contributed by atoms with Crippen molar-refractivity contribution < 1.29 is 9.53 Å². The van der Waals surface area contributed by atoms with Crippen molar-refractivity contribution in [1.29, 1.82) is 0 Å². The normalized spacial score (nSPS) is 11.1. The summed E-state index contributed by atoms with van der Waals surface area (Å²) in [6, 6.07) is 12.3. The van der Waals surface area contributed by atoms with Gasteiger partial charge in [-0.2, -0.15) is 5.10 Å². The van der Waals surface area contributed by atoms with Gasteiger partial charge in [-0.15, -0.1) is 0 Å². The summed E-state index contributed by atoms with van der Waals surface area (Å²) in [6.07, 6.45) is 2.85. The number of amides is 1. The van der Waals surface area contributed by atoms with Crippen molar-refractivity contribution in [3.8, 4) is 0 Å². The number of hydrogen-bond donors (Lipinski definition) is 1. The average molecular weight is 395 g/mol. The van der Waals surface area contributed by atoms with Crippen molar-refractivity contribution in [2.24, 2.45) is 0 Å². The lowest BCUT2D eigenvalue weighted by molar-refractivity contribution is -0.121. The summed E-state index contributed by atoms with van der Waals surface area (Å²) in [5.74, 6) is 0.0600. The van der Waals surface area contributed by atoms with E-state index < -0.39 is 0 Å². The first kappa shape index (κ1) is 21.0. The van der Waals surface area contributed by atoms with E-state index in [1.165, 1.54) is 5.56 Å². The van der Waals surface area contributed by atoms with Gasteiger partial charge in [-0.1, -0.05) is 30.3 Å². The van der Waals surface area contributed by atoms with Crippen LogP contribution in [0.2, 0.25) is 0 Å². The third-order valence-electron chi connectivity index (χ3n) is 5.05. The zero-order chi connectivity index (χ0) is 20.6. The minimum Gasteiger partial charge on any atom is -0.381 e. The first-order valence-electron chi connectivity index (χ1n) is 10.3. The van der Waals surface area contributed by atoms with E-state index in [9.17, 15) is 4.79 Å². The highest BCUT2D eigenvalue weighted by Gasteiger charge is 2.12. The second kappa shape index (κ2) is 10.2. The number of aryl methyl sites for hydroxylation is 3. The van der Waals surface area contributed by atoms with Crippen LogP contribution in [0.4, 0.5) is 0 Å². The van der Waals surface area contributed by atoms with Gasteiger partial charge < -0.3 is 10.1 Å². The Morgan fingerprint density at radius 3 is 2.69 bits per heavy atom. The van der Waals surface area contributed by atoms with Crippen molar-refractivity contribution in [2.75, 3.05) is 19.8 Å². The van der Waals surface area contributed by atoms with E-state index in [0.29, 0.717) is 32.6 Å². The lowest BCUT2D eigenvalue weighted by Gasteiger charge is -2.11. The van der Waals surface area contributed by atoms with E-state index in [1.807, 2.05) is 49.6 Å². The molecule has 0 spiro atoms. The maximum absolute atomic E-state index is 12.2. The van der Waals surface area contributed by atoms with Crippen LogP contribution in [-0.2, 0) is 22.4 Å². The van der Waals surface area contributed by atoms with Gasteiger partial charge in [-0.3, -0.25) is 4.79 Å². The molecule has 29 heavy (non-hydrogen) atoms. The number of fused-ring (bicyclic) bond motifs is 1. The first-order valence-corrected chi connectivity index (χ1v) is 10.3. The van der Waals surface area contributed by atoms with E-state index in [1.54, 1.807) is 0 Å². The van der Waals surface area contributed by atoms with Crippen molar-refractivity contribution in [2.45, 2.75) is 46.5 Å². The van der Waals surface area contributed by atoms with Gasteiger partial charge >= 0.3 is 0 Å². The average Bonchev–Trinajstić information content (AvgIpc) is 3.08. The smallest absolute Gasteiger partial charge is 0.220 e. The third kappa shape index (κ3) is 5.87. The van der Waals surface area contributed by atoms with E-state index in [4.69, 9.17) is 4.74 Å². The Bertz CT molecular complexity index is 950. The number of benzene rings is 1. The molecule has 6 nitrogen and oxygen atoms in total. The van der Waals surface area contributed by atoms with Crippen LogP contribution in [0.1, 0.15) is 41.1 Å². The minimum atomic E-state index is 0.0600. The molecular formula is C23H30N4O2. The number of aromatic nitrogens is 3. The standard InChI is InChI=1S/C23H30N4O2/c1-17-16-22-25-18(2)21(19(3)27(22)26-17)10-11-23(28)24-13-7-14-29-15-12-20-8-5-4-6-9-20/h4-6,8-9,16H,7,10-15H2,1-3H3,(H,24,28). The van der Waals surface area contributed by atoms with Gasteiger partial charge in [-0.25, -0.2) is 9.50 Å². The molecule has 3 rings (SSSR count). The lowest BCUT2D eigenvalue weighted by Crippen LogP contribution is -2.25. The van der Waals surface area contributed by atoms with Gasteiger partial charge in [0.25, 0.3) is 0 Å². The molecule has 0 aliphatic heterocycles. The SMILES string of the molecule is Cc1cc2nc(C)c(CCC(=O)NCCCOCCc3ccccc3)c(C)n2n1. The first-order chi connectivity index (χ1) is 14.0. The van der Waals surface area contributed by atoms with E-state index in [-0.39, 0.29) is 5.91 Å². The molecule has 2 aromatic heterocycles. The Hall–Kier alpha value is -2.73. The predicted molar refractivity (Wildman–Crippen MR) is 114 cm³/mol. The zero-order valence-corrected chi connectivity index (χ0v) is 17.6. The molecule has 0 atom stereocenters. The predicted octanol–water partition coefficient (Wildman–Crippen LogP) is 3.35. The Morgan fingerprint density at radius 2 is 1.90 bits per heavy atom. The second-order valence-electron chi connectivity index (χ2n) is 7.37. The molecule has 0 aliphatic carbocycles. The Morgan fingerprint density at radius 1 is 1.10 bits per heavy atom. The number of carbonyl (C=O) groups is 1. The zero-order valence-electron chi connectivity index (χ0n) is 17.6. The number of nitrogens with one attached hydrogen (secondary N) is 1. The molecule has 0 unspecified atom stereocenters. The van der Waals surface area contributed by atoms with E-state index in [2.05, 4.69) is 27.5 Å². The monoisotopic (exact) mass is 394 g/mol. The van der Waals surface area contributed by atoms with Crippen LogP contribution >= 0.6 is 0 Å². The highest BCUT2D eigenvalue weighted by atomic mass is 16.5.